The van der Waals surface area contributed by atoms with Crippen molar-refractivity contribution >= 4 is 40.4 Å². The average Bonchev–Trinajstić information content (AvgIpc) is 3.43. The molecule has 4 aromatic carbocycles. The maximum Gasteiger partial charge on any atom is 0.227 e. The number of nitrogens with one attached hydrogen (secondary N) is 1. The highest BCUT2D eigenvalue weighted by molar-refractivity contribution is 6.01. The molecule has 0 radical (unpaired) electrons. The first-order valence-corrected chi connectivity index (χ1v) is 21.2. The molecule has 1 heterocycles. The minimum Gasteiger partial charge on any atom is -0.396 e. The number of ether oxygens (including phenoxy) is 4. The van der Waals surface area contributed by atoms with E-state index in [9.17, 15) is 14.4 Å². The summed E-state index contributed by atoms with van der Waals surface area (Å²) in [5.41, 5.74) is 23.2. The summed E-state index contributed by atoms with van der Waals surface area (Å²) in [6.45, 7) is 4.76. The lowest BCUT2D eigenvalue weighted by molar-refractivity contribution is -0.131. The van der Waals surface area contributed by atoms with Gasteiger partial charge in [-0.15, -0.1) is 0 Å². The molecule has 0 fully saturated rings. The second kappa shape index (κ2) is 23.3. The highest BCUT2D eigenvalue weighted by Crippen LogP contribution is 2.36. The van der Waals surface area contributed by atoms with Crippen molar-refractivity contribution in [2.75, 3.05) is 77.9 Å². The molecular formula is C49H59N5O7. The molecule has 3 amide bonds. The first kappa shape index (κ1) is 44.8. The van der Waals surface area contributed by atoms with Gasteiger partial charge in [-0.05, 0) is 58.7 Å². The molecular weight excluding hydrogens is 771 g/mol. The predicted molar refractivity (Wildman–Crippen MR) is 239 cm³/mol. The number of benzene rings is 4. The smallest absolute Gasteiger partial charge is 0.227 e. The summed E-state index contributed by atoms with van der Waals surface area (Å²) >= 11 is 0. The molecule has 12 nitrogen and oxygen atoms in total. The SMILES string of the molecule is CN(CCC=C1c2ccccc2CCc2ccccc21)C(=O)CCOCCOCCOCCOCCN/C1=C(\N)c2ccccc2N(C(=O)CCC(N)=O)Cc2ccccc21. The number of hydrogen-bond acceptors (Lipinski definition) is 9. The number of fused-ring (bicyclic) bond motifs is 4. The average molecular weight is 830 g/mol. The number of para-hydroxylation sites is 1. The highest BCUT2D eigenvalue weighted by Gasteiger charge is 2.26. The van der Waals surface area contributed by atoms with Crippen molar-refractivity contribution in [3.63, 3.8) is 0 Å². The third-order valence-electron chi connectivity index (χ3n) is 10.9. The molecule has 6 rings (SSSR count). The Morgan fingerprint density at radius 2 is 1.18 bits per heavy atom. The van der Waals surface area contributed by atoms with Crippen LogP contribution in [0, 0.1) is 0 Å². The van der Waals surface area contributed by atoms with Crippen LogP contribution in [0.1, 0.15) is 64.6 Å². The van der Waals surface area contributed by atoms with Crippen molar-refractivity contribution in [1.29, 1.82) is 0 Å². The lowest BCUT2D eigenvalue weighted by Gasteiger charge is -2.30. The number of primary amides is 1. The molecule has 0 unspecified atom stereocenters. The van der Waals surface area contributed by atoms with E-state index in [4.69, 9.17) is 30.4 Å². The molecule has 1 aliphatic heterocycles. The van der Waals surface area contributed by atoms with Crippen molar-refractivity contribution in [3.8, 4) is 0 Å². The van der Waals surface area contributed by atoms with Gasteiger partial charge >= 0.3 is 0 Å². The van der Waals surface area contributed by atoms with Crippen LogP contribution < -0.4 is 21.7 Å². The molecule has 12 heteroatoms. The molecule has 0 bridgehead atoms. The van der Waals surface area contributed by atoms with Crippen LogP contribution in [0.5, 0.6) is 0 Å². The molecule has 61 heavy (non-hydrogen) atoms. The largest absolute Gasteiger partial charge is 0.396 e. The number of aryl methyl sites for hydroxylation is 2. The monoisotopic (exact) mass is 829 g/mol. The second-order valence-corrected chi connectivity index (χ2v) is 15.1. The summed E-state index contributed by atoms with van der Waals surface area (Å²) in [6.07, 6.45) is 5.42. The number of carbonyl (C=O) groups is 3. The predicted octanol–water partition coefficient (Wildman–Crippen LogP) is 5.71. The summed E-state index contributed by atoms with van der Waals surface area (Å²) < 4.78 is 22.8. The Balaban J connectivity index is 0.825. The van der Waals surface area contributed by atoms with Gasteiger partial charge in [0.2, 0.25) is 17.7 Å². The summed E-state index contributed by atoms with van der Waals surface area (Å²) in [5.74, 6) is -0.657. The van der Waals surface area contributed by atoms with E-state index in [1.807, 2.05) is 55.6 Å². The molecule has 0 saturated heterocycles. The van der Waals surface area contributed by atoms with E-state index in [-0.39, 0.29) is 24.7 Å². The van der Waals surface area contributed by atoms with Gasteiger partial charge in [0.05, 0.1) is 82.9 Å². The fraction of sp³-hybridized carbons (Fsp3) is 0.367. The number of nitrogens with zero attached hydrogens (tertiary/aromatic N) is 2. The summed E-state index contributed by atoms with van der Waals surface area (Å²) in [5, 5.41) is 3.47. The van der Waals surface area contributed by atoms with Crippen LogP contribution in [0.3, 0.4) is 0 Å². The number of nitrogens with two attached hydrogens (primary N) is 2. The Kier molecular flexibility index (Phi) is 17.1. The van der Waals surface area contributed by atoms with Gasteiger partial charge in [0.25, 0.3) is 0 Å². The van der Waals surface area contributed by atoms with E-state index in [0.717, 1.165) is 41.6 Å². The van der Waals surface area contributed by atoms with E-state index in [1.165, 1.54) is 27.8 Å². The van der Waals surface area contributed by atoms with Gasteiger partial charge in [0.15, 0.2) is 0 Å². The second-order valence-electron chi connectivity index (χ2n) is 15.1. The number of carbonyl (C=O) groups excluding carboxylic acids is 3. The summed E-state index contributed by atoms with van der Waals surface area (Å²) in [4.78, 5) is 40.9. The molecule has 0 saturated carbocycles. The summed E-state index contributed by atoms with van der Waals surface area (Å²) in [6, 6.07) is 32.6. The van der Waals surface area contributed by atoms with Crippen LogP contribution in [0.25, 0.3) is 17.0 Å². The zero-order valence-electron chi connectivity index (χ0n) is 35.2. The maximum absolute atomic E-state index is 13.3. The minimum atomic E-state index is -0.518. The zero-order valence-corrected chi connectivity index (χ0v) is 35.2. The van der Waals surface area contributed by atoms with Crippen LogP contribution in [0.15, 0.2) is 103 Å². The molecule has 2 aliphatic rings. The molecule has 0 spiro atoms. The van der Waals surface area contributed by atoms with Crippen molar-refractivity contribution in [3.05, 3.63) is 142 Å². The molecule has 1 aliphatic carbocycles. The minimum absolute atomic E-state index is 0.0140. The van der Waals surface area contributed by atoms with Crippen molar-refractivity contribution in [2.45, 2.75) is 45.1 Å². The quantitative estimate of drug-likeness (QED) is 0.0845. The third-order valence-corrected chi connectivity index (χ3v) is 10.9. The number of amides is 3. The van der Waals surface area contributed by atoms with E-state index < -0.39 is 5.91 Å². The molecule has 0 atom stereocenters. The van der Waals surface area contributed by atoms with E-state index in [2.05, 4.69) is 59.9 Å². The topological polar surface area (TPSA) is 159 Å². The number of hydrogen-bond donors (Lipinski definition) is 3. The fourth-order valence-electron chi connectivity index (χ4n) is 7.68. The van der Waals surface area contributed by atoms with Crippen LogP contribution in [0.4, 0.5) is 5.69 Å². The number of rotatable bonds is 22. The normalized spacial score (nSPS) is 14.4. The van der Waals surface area contributed by atoms with Crippen LogP contribution in [-0.4, -0.2) is 95.6 Å². The van der Waals surface area contributed by atoms with Gasteiger partial charge in [-0.1, -0.05) is 97.1 Å². The Labute approximate surface area is 359 Å². The van der Waals surface area contributed by atoms with Crippen LogP contribution in [0.2, 0.25) is 0 Å². The van der Waals surface area contributed by atoms with Gasteiger partial charge in [0.1, 0.15) is 0 Å². The van der Waals surface area contributed by atoms with Gasteiger partial charge in [-0.3, -0.25) is 14.4 Å². The van der Waals surface area contributed by atoms with E-state index >= 15 is 0 Å². The maximum atomic E-state index is 13.3. The van der Waals surface area contributed by atoms with Crippen molar-refractivity contribution in [2.24, 2.45) is 11.5 Å². The highest BCUT2D eigenvalue weighted by atomic mass is 16.6. The van der Waals surface area contributed by atoms with E-state index in [1.54, 1.807) is 9.80 Å². The first-order chi connectivity index (χ1) is 29.8. The van der Waals surface area contributed by atoms with Gasteiger partial charge < -0.3 is 45.5 Å². The molecule has 4 aromatic rings. The van der Waals surface area contributed by atoms with Crippen molar-refractivity contribution < 1.29 is 33.3 Å². The number of anilines is 1. The third kappa shape index (κ3) is 12.6. The van der Waals surface area contributed by atoms with E-state index in [0.29, 0.717) is 90.3 Å². The van der Waals surface area contributed by atoms with Crippen molar-refractivity contribution in [1.82, 2.24) is 10.2 Å². The zero-order chi connectivity index (χ0) is 42.8. The fourth-order valence-corrected chi connectivity index (χ4v) is 7.68. The van der Waals surface area contributed by atoms with Crippen LogP contribution in [-0.2, 0) is 52.7 Å². The molecule has 5 N–H and O–H groups in total. The van der Waals surface area contributed by atoms with Gasteiger partial charge in [0, 0.05) is 44.1 Å². The van der Waals surface area contributed by atoms with Crippen LogP contribution >= 0.6 is 0 Å². The lowest BCUT2D eigenvalue weighted by atomic mass is 9.93. The molecule has 0 aromatic heterocycles. The lowest BCUT2D eigenvalue weighted by Crippen LogP contribution is -2.34. The Morgan fingerprint density at radius 3 is 1.80 bits per heavy atom. The van der Waals surface area contributed by atoms with Gasteiger partial charge in [-0.2, -0.15) is 0 Å². The Morgan fingerprint density at radius 1 is 0.656 bits per heavy atom. The Bertz CT molecular complexity index is 2120. The first-order valence-electron chi connectivity index (χ1n) is 21.2. The Hall–Kier alpha value is -5.79. The summed E-state index contributed by atoms with van der Waals surface area (Å²) in [7, 11) is 1.85. The standard InChI is InChI=1S/C49H59N5O7/c1-53(26-10-18-42-39-14-5-2-11-36(39)20-21-37-12-3-6-15-40(37)42)46(56)24-27-58-29-31-60-33-34-61-32-30-59-28-25-52-49-41-16-7-4-13-38(41)35-54(47(57)23-22-45(50)55)44-19-9-8-17-43(44)48(49)51/h2-9,11-19,52H,10,20-35,51H2,1H3,(H2,50,55)/b49-48-. The molecule has 322 valence electrons. The van der Waals surface area contributed by atoms with Gasteiger partial charge in [-0.25, -0.2) is 0 Å².